The number of ketones is 1. The summed E-state index contributed by atoms with van der Waals surface area (Å²) in [6.45, 7) is 4.62. The number of carbonyl (C=O) groups is 1. The summed E-state index contributed by atoms with van der Waals surface area (Å²) in [4.78, 5) is 12.1. The summed E-state index contributed by atoms with van der Waals surface area (Å²) >= 11 is 5.93. The molecule has 0 atom stereocenters. The number of hydrogen-bond acceptors (Lipinski definition) is 2. The molecule has 17 heavy (non-hydrogen) atoms. The van der Waals surface area contributed by atoms with Crippen LogP contribution in [0.25, 0.3) is 0 Å². The number of aromatic nitrogens is 2. The van der Waals surface area contributed by atoms with Crippen LogP contribution in [-0.2, 0) is 6.54 Å². The highest BCUT2D eigenvalue weighted by Crippen LogP contribution is 2.18. The number of carbonyl (C=O) groups excluding carboxylic acids is 1. The quantitative estimate of drug-likeness (QED) is 0.783. The fraction of sp³-hybridized carbons (Fsp3) is 0.231. The first-order valence-electron chi connectivity index (χ1n) is 5.45. The van der Waals surface area contributed by atoms with E-state index in [0.717, 1.165) is 12.1 Å². The van der Waals surface area contributed by atoms with Gasteiger partial charge in [0.2, 0.25) is 0 Å². The van der Waals surface area contributed by atoms with Crippen LogP contribution in [0.15, 0.2) is 30.6 Å². The Morgan fingerprint density at radius 3 is 2.76 bits per heavy atom. The monoisotopic (exact) mass is 248 g/mol. The highest BCUT2D eigenvalue weighted by molar-refractivity contribution is 6.31. The summed E-state index contributed by atoms with van der Waals surface area (Å²) in [5, 5.41) is 4.76. The Kier molecular flexibility index (Phi) is 3.29. The second kappa shape index (κ2) is 4.72. The lowest BCUT2D eigenvalue weighted by atomic mass is 10.0. The first kappa shape index (κ1) is 11.9. The average Bonchev–Trinajstić information content (AvgIpc) is 2.80. The van der Waals surface area contributed by atoms with E-state index in [0.29, 0.717) is 16.1 Å². The van der Waals surface area contributed by atoms with Crippen molar-refractivity contribution in [3.63, 3.8) is 0 Å². The Morgan fingerprint density at radius 2 is 2.18 bits per heavy atom. The Morgan fingerprint density at radius 1 is 1.41 bits per heavy atom. The number of halogens is 1. The third kappa shape index (κ3) is 2.39. The molecule has 0 N–H and O–H groups in total. The molecule has 1 aromatic heterocycles. The van der Waals surface area contributed by atoms with Crippen molar-refractivity contribution in [2.24, 2.45) is 0 Å². The van der Waals surface area contributed by atoms with E-state index in [1.54, 1.807) is 35.3 Å². The van der Waals surface area contributed by atoms with E-state index in [4.69, 9.17) is 11.6 Å². The molecule has 4 heteroatoms. The molecule has 0 spiro atoms. The Hall–Kier alpha value is -1.61. The molecule has 2 rings (SSSR count). The van der Waals surface area contributed by atoms with Gasteiger partial charge in [-0.3, -0.25) is 9.48 Å². The van der Waals surface area contributed by atoms with Gasteiger partial charge in [0.1, 0.15) is 0 Å². The highest BCUT2D eigenvalue weighted by Gasteiger charge is 2.12. The third-order valence-electron chi connectivity index (χ3n) is 2.64. The zero-order valence-electron chi connectivity index (χ0n) is 9.77. The number of benzene rings is 1. The van der Waals surface area contributed by atoms with Gasteiger partial charge in [0, 0.05) is 23.3 Å². The Labute approximate surface area is 105 Å². The molecular formula is C13H13ClN2O. The lowest BCUT2D eigenvalue weighted by Crippen LogP contribution is -2.00. The third-order valence-corrected chi connectivity index (χ3v) is 3.06. The molecule has 0 saturated carbocycles. The molecule has 0 saturated heterocycles. The fourth-order valence-corrected chi connectivity index (χ4v) is 1.72. The minimum atomic E-state index is -0.0236. The van der Waals surface area contributed by atoms with Gasteiger partial charge in [-0.1, -0.05) is 11.6 Å². The second-order valence-corrected chi connectivity index (χ2v) is 4.28. The van der Waals surface area contributed by atoms with Crippen molar-refractivity contribution in [3.8, 4) is 0 Å². The van der Waals surface area contributed by atoms with E-state index in [1.807, 2.05) is 13.8 Å². The summed E-state index contributed by atoms with van der Waals surface area (Å²) in [5.41, 5.74) is 2.15. The van der Waals surface area contributed by atoms with Crippen molar-refractivity contribution < 1.29 is 4.79 Å². The predicted octanol–water partition coefficient (Wildman–Crippen LogP) is 3.10. The van der Waals surface area contributed by atoms with E-state index in [9.17, 15) is 4.79 Å². The van der Waals surface area contributed by atoms with E-state index >= 15 is 0 Å². The van der Waals surface area contributed by atoms with E-state index in [-0.39, 0.29) is 5.78 Å². The Balaban J connectivity index is 2.33. The maximum atomic E-state index is 12.1. The maximum absolute atomic E-state index is 12.1. The Bertz CT molecular complexity index is 560. The molecule has 88 valence electrons. The number of hydrogen-bond donors (Lipinski definition) is 0. The molecule has 0 amide bonds. The molecule has 0 fully saturated rings. The van der Waals surface area contributed by atoms with Crippen LogP contribution in [-0.4, -0.2) is 15.6 Å². The molecule has 1 heterocycles. The van der Waals surface area contributed by atoms with Crippen molar-refractivity contribution in [2.45, 2.75) is 20.4 Å². The minimum absolute atomic E-state index is 0.0236. The van der Waals surface area contributed by atoms with Gasteiger partial charge in [0.05, 0.1) is 11.8 Å². The van der Waals surface area contributed by atoms with E-state index < -0.39 is 0 Å². The van der Waals surface area contributed by atoms with Gasteiger partial charge in [-0.25, -0.2) is 0 Å². The van der Waals surface area contributed by atoms with Crippen molar-refractivity contribution in [2.75, 3.05) is 0 Å². The van der Waals surface area contributed by atoms with Crippen LogP contribution in [0.4, 0.5) is 0 Å². The van der Waals surface area contributed by atoms with Gasteiger partial charge in [-0.05, 0) is 37.6 Å². The molecule has 3 nitrogen and oxygen atoms in total. The molecule has 0 aliphatic rings. The highest BCUT2D eigenvalue weighted by atomic mass is 35.5. The van der Waals surface area contributed by atoms with Gasteiger partial charge in [-0.2, -0.15) is 5.10 Å². The van der Waals surface area contributed by atoms with Crippen molar-refractivity contribution >= 4 is 17.4 Å². The van der Waals surface area contributed by atoms with Crippen molar-refractivity contribution in [1.29, 1.82) is 0 Å². The minimum Gasteiger partial charge on any atom is -0.288 e. The SMILES string of the molecule is CCn1cc(C(=O)c2ccc(Cl)c(C)c2)cn1. The lowest BCUT2D eigenvalue weighted by Gasteiger charge is -2.01. The van der Waals surface area contributed by atoms with Crippen LogP contribution in [0.3, 0.4) is 0 Å². The zero-order valence-corrected chi connectivity index (χ0v) is 10.5. The molecule has 0 aliphatic carbocycles. The standard InChI is InChI=1S/C13H13ClN2O/c1-3-16-8-11(7-15-16)13(17)10-4-5-12(14)9(2)6-10/h4-8H,3H2,1-2H3. The molecule has 0 radical (unpaired) electrons. The summed E-state index contributed by atoms with van der Waals surface area (Å²) in [7, 11) is 0. The molecule has 0 aliphatic heterocycles. The van der Waals surface area contributed by atoms with Gasteiger partial charge in [-0.15, -0.1) is 0 Å². The first-order valence-corrected chi connectivity index (χ1v) is 5.83. The number of aryl methyl sites for hydroxylation is 2. The van der Waals surface area contributed by atoms with Crippen LogP contribution in [0.1, 0.15) is 28.4 Å². The lowest BCUT2D eigenvalue weighted by molar-refractivity contribution is 0.103. The van der Waals surface area contributed by atoms with Gasteiger partial charge < -0.3 is 0 Å². The smallest absolute Gasteiger partial charge is 0.196 e. The fourth-order valence-electron chi connectivity index (χ4n) is 1.61. The maximum Gasteiger partial charge on any atom is 0.196 e. The second-order valence-electron chi connectivity index (χ2n) is 3.88. The van der Waals surface area contributed by atoms with Crippen molar-refractivity contribution in [1.82, 2.24) is 9.78 Å². The summed E-state index contributed by atoms with van der Waals surface area (Å²) in [6.07, 6.45) is 3.35. The van der Waals surface area contributed by atoms with Crippen LogP contribution in [0.2, 0.25) is 5.02 Å². The van der Waals surface area contributed by atoms with Gasteiger partial charge in [0.25, 0.3) is 0 Å². The van der Waals surface area contributed by atoms with Gasteiger partial charge >= 0.3 is 0 Å². The number of nitrogens with zero attached hydrogens (tertiary/aromatic N) is 2. The summed E-state index contributed by atoms with van der Waals surface area (Å²) < 4.78 is 1.73. The van der Waals surface area contributed by atoms with Crippen LogP contribution >= 0.6 is 11.6 Å². The van der Waals surface area contributed by atoms with E-state index in [1.165, 1.54) is 0 Å². The molecule has 0 unspecified atom stereocenters. The number of rotatable bonds is 3. The molecule has 1 aromatic carbocycles. The molecule has 0 bridgehead atoms. The first-order chi connectivity index (χ1) is 8.11. The normalized spacial score (nSPS) is 10.5. The average molecular weight is 249 g/mol. The predicted molar refractivity (Wildman–Crippen MR) is 67.5 cm³/mol. The summed E-state index contributed by atoms with van der Waals surface area (Å²) in [6, 6.07) is 5.28. The van der Waals surface area contributed by atoms with E-state index in [2.05, 4.69) is 5.10 Å². The molecular weight excluding hydrogens is 236 g/mol. The van der Waals surface area contributed by atoms with Crippen LogP contribution in [0, 0.1) is 6.92 Å². The van der Waals surface area contributed by atoms with Gasteiger partial charge in [0.15, 0.2) is 5.78 Å². The molecule has 2 aromatic rings. The van der Waals surface area contributed by atoms with Crippen molar-refractivity contribution in [3.05, 3.63) is 52.3 Å². The largest absolute Gasteiger partial charge is 0.288 e. The summed E-state index contributed by atoms with van der Waals surface area (Å²) in [5.74, 6) is -0.0236. The van der Waals surface area contributed by atoms with Crippen LogP contribution in [0.5, 0.6) is 0 Å². The topological polar surface area (TPSA) is 34.9 Å². The zero-order chi connectivity index (χ0) is 12.4. The van der Waals surface area contributed by atoms with Crippen LogP contribution < -0.4 is 0 Å².